The van der Waals surface area contributed by atoms with E-state index >= 15 is 0 Å². The van der Waals surface area contributed by atoms with Crippen LogP contribution in [0.3, 0.4) is 0 Å². The van der Waals surface area contributed by atoms with Gasteiger partial charge in [-0.15, -0.1) is 0 Å². The van der Waals surface area contributed by atoms with E-state index < -0.39 is 11.8 Å². The van der Waals surface area contributed by atoms with Crippen LogP contribution in [0.4, 0.5) is 5.69 Å². The monoisotopic (exact) mass is 387 g/mol. The van der Waals surface area contributed by atoms with Crippen molar-refractivity contribution in [2.45, 2.75) is 13.0 Å². The predicted octanol–water partition coefficient (Wildman–Crippen LogP) is 3.74. The lowest BCUT2D eigenvalue weighted by molar-refractivity contribution is -0.126. The Labute approximate surface area is 169 Å². The molecule has 2 amide bonds. The molecule has 0 saturated heterocycles. The van der Waals surface area contributed by atoms with Crippen LogP contribution in [0.15, 0.2) is 90.0 Å². The molecular weight excluding hydrogens is 366 g/mol. The van der Waals surface area contributed by atoms with Crippen LogP contribution in [0.5, 0.6) is 5.75 Å². The number of rotatable bonds is 8. The molecule has 0 aliphatic carbocycles. The number of para-hydroxylation sites is 1. The van der Waals surface area contributed by atoms with Crippen LogP contribution in [0, 0.1) is 0 Å². The van der Waals surface area contributed by atoms with Crippen molar-refractivity contribution >= 4 is 23.7 Å². The fourth-order valence-electron chi connectivity index (χ4n) is 2.48. The van der Waals surface area contributed by atoms with Gasteiger partial charge in [0.05, 0.1) is 6.21 Å². The Morgan fingerprint density at radius 1 is 0.828 bits per heavy atom. The zero-order chi connectivity index (χ0) is 20.3. The lowest BCUT2D eigenvalue weighted by Gasteiger charge is -2.06. The van der Waals surface area contributed by atoms with Gasteiger partial charge in [-0.1, -0.05) is 48.5 Å². The summed E-state index contributed by atoms with van der Waals surface area (Å²) in [5.74, 6) is -0.145. The van der Waals surface area contributed by atoms with Gasteiger partial charge in [0.1, 0.15) is 18.8 Å². The zero-order valence-electron chi connectivity index (χ0n) is 15.7. The Hall–Kier alpha value is -3.93. The average Bonchev–Trinajstić information content (AvgIpc) is 2.74. The summed E-state index contributed by atoms with van der Waals surface area (Å²) in [6.45, 7) is 0.495. The number of carbonyl (C=O) groups is 2. The average molecular weight is 387 g/mol. The van der Waals surface area contributed by atoms with Crippen LogP contribution in [0.2, 0.25) is 0 Å². The molecule has 0 unspecified atom stereocenters. The second kappa shape index (κ2) is 10.4. The van der Waals surface area contributed by atoms with Crippen molar-refractivity contribution in [3.8, 4) is 5.75 Å². The molecule has 6 nitrogen and oxygen atoms in total. The Morgan fingerprint density at radius 2 is 1.48 bits per heavy atom. The third kappa shape index (κ3) is 6.95. The molecule has 0 bridgehead atoms. The van der Waals surface area contributed by atoms with Crippen molar-refractivity contribution in [2.24, 2.45) is 5.10 Å². The van der Waals surface area contributed by atoms with Gasteiger partial charge >= 0.3 is 0 Å². The van der Waals surface area contributed by atoms with Gasteiger partial charge in [0, 0.05) is 5.69 Å². The van der Waals surface area contributed by atoms with E-state index in [2.05, 4.69) is 15.8 Å². The van der Waals surface area contributed by atoms with Crippen LogP contribution in [-0.2, 0) is 16.2 Å². The summed E-state index contributed by atoms with van der Waals surface area (Å²) in [5.41, 5.74) is 4.88. The lowest BCUT2D eigenvalue weighted by Crippen LogP contribution is -2.24. The van der Waals surface area contributed by atoms with Gasteiger partial charge in [0.2, 0.25) is 11.8 Å². The maximum absolute atomic E-state index is 11.8. The molecular formula is C23H21N3O3. The first-order valence-corrected chi connectivity index (χ1v) is 9.12. The van der Waals surface area contributed by atoms with Crippen LogP contribution >= 0.6 is 0 Å². The Balaban J connectivity index is 1.41. The molecule has 0 fully saturated rings. The Morgan fingerprint density at radius 3 is 2.17 bits per heavy atom. The molecule has 29 heavy (non-hydrogen) atoms. The molecule has 3 rings (SSSR count). The zero-order valence-corrected chi connectivity index (χ0v) is 15.7. The van der Waals surface area contributed by atoms with Crippen molar-refractivity contribution in [3.05, 3.63) is 96.1 Å². The van der Waals surface area contributed by atoms with E-state index in [4.69, 9.17) is 4.74 Å². The van der Waals surface area contributed by atoms with Gasteiger partial charge in [0.25, 0.3) is 0 Å². The number of hydrazone groups is 1. The molecule has 0 heterocycles. The molecule has 2 N–H and O–H groups in total. The van der Waals surface area contributed by atoms with E-state index in [0.29, 0.717) is 12.3 Å². The van der Waals surface area contributed by atoms with Gasteiger partial charge < -0.3 is 10.1 Å². The van der Waals surface area contributed by atoms with E-state index in [-0.39, 0.29) is 6.42 Å². The minimum atomic E-state index is -0.488. The van der Waals surface area contributed by atoms with E-state index in [1.807, 2.05) is 60.7 Å². The molecule has 0 radical (unpaired) electrons. The number of anilines is 1. The van der Waals surface area contributed by atoms with Gasteiger partial charge in [-0.05, 0) is 47.5 Å². The number of hydrogen-bond acceptors (Lipinski definition) is 4. The molecule has 6 heteroatoms. The third-order valence-corrected chi connectivity index (χ3v) is 3.91. The number of nitrogens with zero attached hydrogens (tertiary/aromatic N) is 1. The highest BCUT2D eigenvalue weighted by atomic mass is 16.5. The molecule has 3 aromatic rings. The van der Waals surface area contributed by atoms with Crippen LogP contribution in [0.1, 0.15) is 17.5 Å². The maximum atomic E-state index is 11.8. The summed E-state index contributed by atoms with van der Waals surface area (Å²) in [6.07, 6.45) is 1.20. The molecule has 0 aromatic heterocycles. The van der Waals surface area contributed by atoms with E-state index in [1.165, 1.54) is 6.21 Å². The number of amides is 2. The quantitative estimate of drug-likeness (QED) is 0.351. The second-order valence-electron chi connectivity index (χ2n) is 6.23. The third-order valence-electron chi connectivity index (χ3n) is 3.91. The van der Waals surface area contributed by atoms with E-state index in [1.54, 1.807) is 24.3 Å². The maximum Gasteiger partial charge on any atom is 0.249 e. The minimum Gasteiger partial charge on any atom is -0.489 e. The molecule has 0 saturated carbocycles. The highest BCUT2D eigenvalue weighted by Crippen LogP contribution is 2.13. The van der Waals surface area contributed by atoms with Crippen molar-refractivity contribution in [1.29, 1.82) is 0 Å². The first-order valence-electron chi connectivity index (χ1n) is 9.12. The Kier molecular flexibility index (Phi) is 7.12. The fourth-order valence-corrected chi connectivity index (χ4v) is 2.48. The van der Waals surface area contributed by atoms with Gasteiger partial charge in [-0.25, -0.2) is 5.43 Å². The highest BCUT2D eigenvalue weighted by Gasteiger charge is 2.08. The minimum absolute atomic E-state index is 0.307. The standard InChI is InChI=1S/C23H21N3O3/c27-22(25-20-9-5-2-6-10-20)15-23(28)26-24-16-18-11-13-21(14-12-18)29-17-19-7-3-1-4-8-19/h1-14,16H,15,17H2,(H,25,27)(H,26,28). The number of benzene rings is 3. The second-order valence-corrected chi connectivity index (χ2v) is 6.23. The lowest BCUT2D eigenvalue weighted by atomic mass is 10.2. The molecule has 0 aliphatic rings. The summed E-state index contributed by atoms with van der Waals surface area (Å²) >= 11 is 0. The first-order chi connectivity index (χ1) is 14.2. The smallest absolute Gasteiger partial charge is 0.249 e. The van der Waals surface area contributed by atoms with Crippen molar-refractivity contribution in [1.82, 2.24) is 5.43 Å². The topological polar surface area (TPSA) is 79.8 Å². The molecule has 3 aromatic carbocycles. The fraction of sp³-hybridized carbons (Fsp3) is 0.0870. The van der Waals surface area contributed by atoms with Crippen molar-refractivity contribution in [3.63, 3.8) is 0 Å². The first kappa shape index (κ1) is 19.8. The number of ether oxygens (including phenoxy) is 1. The van der Waals surface area contributed by atoms with Crippen LogP contribution in [-0.4, -0.2) is 18.0 Å². The summed E-state index contributed by atoms with van der Waals surface area (Å²) in [4.78, 5) is 23.6. The Bertz CT molecular complexity index is 956. The van der Waals surface area contributed by atoms with Gasteiger partial charge in [-0.3, -0.25) is 9.59 Å². The number of carbonyl (C=O) groups excluding carboxylic acids is 2. The van der Waals surface area contributed by atoms with Crippen LogP contribution < -0.4 is 15.5 Å². The molecule has 0 atom stereocenters. The highest BCUT2D eigenvalue weighted by molar-refractivity contribution is 6.03. The van der Waals surface area contributed by atoms with E-state index in [9.17, 15) is 9.59 Å². The largest absolute Gasteiger partial charge is 0.489 e. The molecule has 0 spiro atoms. The number of hydrogen-bond donors (Lipinski definition) is 2. The summed E-state index contributed by atoms with van der Waals surface area (Å²) < 4.78 is 5.72. The summed E-state index contributed by atoms with van der Waals surface area (Å²) in [7, 11) is 0. The predicted molar refractivity (Wildman–Crippen MR) is 113 cm³/mol. The van der Waals surface area contributed by atoms with Crippen molar-refractivity contribution in [2.75, 3.05) is 5.32 Å². The van der Waals surface area contributed by atoms with E-state index in [0.717, 1.165) is 16.9 Å². The molecule has 146 valence electrons. The molecule has 0 aliphatic heterocycles. The normalized spacial score (nSPS) is 10.5. The SMILES string of the molecule is O=C(CC(=O)Nc1ccccc1)NN=Cc1ccc(OCc2ccccc2)cc1. The van der Waals surface area contributed by atoms with Crippen LogP contribution in [0.25, 0.3) is 0 Å². The van der Waals surface area contributed by atoms with Crippen molar-refractivity contribution < 1.29 is 14.3 Å². The summed E-state index contributed by atoms with van der Waals surface area (Å²) in [5, 5.41) is 6.52. The number of nitrogens with one attached hydrogen (secondary N) is 2. The van der Waals surface area contributed by atoms with Gasteiger partial charge in [-0.2, -0.15) is 5.10 Å². The van der Waals surface area contributed by atoms with Gasteiger partial charge in [0.15, 0.2) is 0 Å². The summed E-state index contributed by atoms with van der Waals surface area (Å²) in [6, 6.07) is 26.2.